The van der Waals surface area contributed by atoms with Crippen LogP contribution in [0.4, 0.5) is 5.69 Å². The molecule has 114 valence electrons. The summed E-state index contributed by atoms with van der Waals surface area (Å²) in [5.74, 6) is -0.814. The molecule has 0 unspecified atom stereocenters. The van der Waals surface area contributed by atoms with E-state index in [0.29, 0.717) is 20.5 Å². The van der Waals surface area contributed by atoms with Crippen LogP contribution in [0.3, 0.4) is 0 Å². The largest absolute Gasteiger partial charge is 0.375 e. The summed E-state index contributed by atoms with van der Waals surface area (Å²) < 4.78 is 1.23. The molecule has 0 saturated carbocycles. The van der Waals surface area contributed by atoms with Crippen molar-refractivity contribution in [3.8, 4) is 0 Å². The standard InChI is InChI=1S/C15H11BrClNO3S/c1-18-10-3-2-8(16)6-9(10)15(21,14(18)20)7-11(19)12-4-5-13(17)22-12/h2-6,21H,7H2,1H3/t15-/m0/s1. The molecule has 3 rings (SSSR count). The first-order valence-corrected chi connectivity index (χ1v) is 8.41. The van der Waals surface area contributed by atoms with Gasteiger partial charge in [0.2, 0.25) is 0 Å². The average molecular weight is 401 g/mol. The summed E-state index contributed by atoms with van der Waals surface area (Å²) in [6, 6.07) is 8.42. The normalized spacial score (nSPS) is 20.4. The Labute approximate surface area is 144 Å². The number of likely N-dealkylation sites (N-methyl/N-ethyl adjacent to an activating group) is 1. The summed E-state index contributed by atoms with van der Waals surface area (Å²) in [6.07, 6.45) is -0.309. The molecule has 1 aliphatic heterocycles. The van der Waals surface area contributed by atoms with E-state index in [4.69, 9.17) is 11.6 Å². The summed E-state index contributed by atoms with van der Waals surface area (Å²) in [4.78, 5) is 26.6. The maximum Gasteiger partial charge on any atom is 0.263 e. The number of benzene rings is 1. The highest BCUT2D eigenvalue weighted by molar-refractivity contribution is 9.10. The molecule has 1 N–H and O–H groups in total. The molecule has 0 spiro atoms. The van der Waals surface area contributed by atoms with Gasteiger partial charge in [0.05, 0.1) is 21.3 Å². The van der Waals surface area contributed by atoms with E-state index in [1.54, 1.807) is 37.4 Å². The zero-order valence-electron chi connectivity index (χ0n) is 11.5. The summed E-state index contributed by atoms with van der Waals surface area (Å²) >= 11 is 10.3. The molecule has 0 radical (unpaired) electrons. The molecule has 1 atom stereocenters. The lowest BCUT2D eigenvalue weighted by Gasteiger charge is -2.20. The Kier molecular flexibility index (Phi) is 3.89. The van der Waals surface area contributed by atoms with Gasteiger partial charge in [-0.1, -0.05) is 27.5 Å². The van der Waals surface area contributed by atoms with Gasteiger partial charge in [0.25, 0.3) is 5.91 Å². The number of thiophene rings is 1. The molecule has 0 saturated heterocycles. The van der Waals surface area contributed by atoms with Gasteiger partial charge in [-0.2, -0.15) is 0 Å². The van der Waals surface area contributed by atoms with Gasteiger partial charge in [-0.3, -0.25) is 9.59 Å². The van der Waals surface area contributed by atoms with Crippen molar-refractivity contribution in [3.63, 3.8) is 0 Å². The molecule has 0 fully saturated rings. The van der Waals surface area contributed by atoms with E-state index in [0.717, 1.165) is 15.8 Å². The number of fused-ring (bicyclic) bond motifs is 1. The molecule has 22 heavy (non-hydrogen) atoms. The second-order valence-electron chi connectivity index (χ2n) is 5.09. The Morgan fingerprint density at radius 2 is 2.14 bits per heavy atom. The fourth-order valence-electron chi connectivity index (χ4n) is 2.59. The van der Waals surface area contributed by atoms with Crippen molar-refractivity contribution in [1.29, 1.82) is 0 Å². The molecular formula is C15H11BrClNO3S. The van der Waals surface area contributed by atoms with Gasteiger partial charge < -0.3 is 10.0 Å². The van der Waals surface area contributed by atoms with Crippen LogP contribution in [0, 0.1) is 0 Å². The molecule has 1 aromatic carbocycles. The van der Waals surface area contributed by atoms with Crippen molar-refractivity contribution in [1.82, 2.24) is 0 Å². The lowest BCUT2D eigenvalue weighted by molar-refractivity contribution is -0.135. The van der Waals surface area contributed by atoms with Crippen LogP contribution in [0.5, 0.6) is 0 Å². The SMILES string of the molecule is CN1C(=O)[C@](O)(CC(=O)c2ccc(Cl)s2)c2cc(Br)ccc21. The maximum absolute atomic E-state index is 12.5. The number of rotatable bonds is 3. The number of amides is 1. The van der Waals surface area contributed by atoms with Crippen LogP contribution in [-0.2, 0) is 10.4 Å². The first kappa shape index (κ1) is 15.7. The van der Waals surface area contributed by atoms with Gasteiger partial charge in [0, 0.05) is 17.1 Å². The first-order valence-electron chi connectivity index (χ1n) is 6.42. The van der Waals surface area contributed by atoms with Crippen LogP contribution in [0.1, 0.15) is 21.7 Å². The molecule has 0 aliphatic carbocycles. The van der Waals surface area contributed by atoms with Gasteiger partial charge in [-0.05, 0) is 30.3 Å². The molecule has 1 amide bonds. The number of carbonyl (C=O) groups excluding carboxylic acids is 2. The lowest BCUT2D eigenvalue weighted by atomic mass is 9.89. The number of hydrogen-bond acceptors (Lipinski definition) is 4. The van der Waals surface area contributed by atoms with Gasteiger partial charge in [-0.15, -0.1) is 11.3 Å². The minimum absolute atomic E-state index is 0.309. The molecule has 2 heterocycles. The van der Waals surface area contributed by atoms with E-state index in [-0.39, 0.29) is 12.2 Å². The Morgan fingerprint density at radius 1 is 1.41 bits per heavy atom. The molecule has 4 nitrogen and oxygen atoms in total. The molecule has 2 aromatic rings. The van der Waals surface area contributed by atoms with E-state index in [1.165, 1.54) is 4.90 Å². The topological polar surface area (TPSA) is 57.6 Å². The summed E-state index contributed by atoms with van der Waals surface area (Å²) in [6.45, 7) is 0. The predicted molar refractivity (Wildman–Crippen MR) is 89.7 cm³/mol. The fourth-order valence-corrected chi connectivity index (χ4v) is 3.93. The van der Waals surface area contributed by atoms with Crippen LogP contribution in [-0.4, -0.2) is 23.8 Å². The van der Waals surface area contributed by atoms with Crippen LogP contribution in [0.2, 0.25) is 4.34 Å². The van der Waals surface area contributed by atoms with Gasteiger partial charge in [0.15, 0.2) is 11.4 Å². The highest BCUT2D eigenvalue weighted by atomic mass is 79.9. The fraction of sp³-hybridized carbons (Fsp3) is 0.200. The van der Waals surface area contributed by atoms with Crippen LogP contribution < -0.4 is 4.90 Å². The first-order chi connectivity index (χ1) is 10.3. The van der Waals surface area contributed by atoms with Crippen LogP contribution >= 0.6 is 38.9 Å². The van der Waals surface area contributed by atoms with E-state index in [1.807, 2.05) is 0 Å². The Hall–Kier alpha value is -1.21. The number of Topliss-reactive ketones (excluding diaryl/α,β-unsaturated/α-hetero) is 1. The van der Waals surface area contributed by atoms with Crippen molar-refractivity contribution < 1.29 is 14.7 Å². The molecule has 1 aromatic heterocycles. The highest BCUT2D eigenvalue weighted by Gasteiger charge is 2.49. The quantitative estimate of drug-likeness (QED) is 0.801. The smallest absolute Gasteiger partial charge is 0.263 e. The molecule has 7 heteroatoms. The number of carbonyl (C=O) groups is 2. The van der Waals surface area contributed by atoms with Crippen molar-refractivity contribution in [3.05, 3.63) is 49.6 Å². The number of ketones is 1. The molecular weight excluding hydrogens is 390 g/mol. The van der Waals surface area contributed by atoms with Crippen LogP contribution in [0.15, 0.2) is 34.8 Å². The van der Waals surface area contributed by atoms with Gasteiger partial charge >= 0.3 is 0 Å². The summed E-state index contributed by atoms with van der Waals surface area (Å²) in [5.41, 5.74) is -0.806. The van der Waals surface area contributed by atoms with Gasteiger partial charge in [-0.25, -0.2) is 0 Å². The summed E-state index contributed by atoms with van der Waals surface area (Å²) in [5, 5.41) is 10.9. The monoisotopic (exact) mass is 399 g/mol. The maximum atomic E-state index is 12.5. The number of aliphatic hydroxyl groups is 1. The van der Waals surface area contributed by atoms with E-state index in [9.17, 15) is 14.7 Å². The Balaban J connectivity index is 2.00. The van der Waals surface area contributed by atoms with Crippen molar-refractivity contribution in [2.24, 2.45) is 0 Å². The Bertz CT molecular complexity index is 791. The third kappa shape index (κ3) is 2.40. The second-order valence-corrected chi connectivity index (χ2v) is 7.72. The number of anilines is 1. The number of nitrogens with zero attached hydrogens (tertiary/aromatic N) is 1. The van der Waals surface area contributed by atoms with E-state index < -0.39 is 11.5 Å². The number of hydrogen-bond donors (Lipinski definition) is 1. The van der Waals surface area contributed by atoms with Crippen molar-refractivity contribution in [2.75, 3.05) is 11.9 Å². The second kappa shape index (κ2) is 5.45. The third-order valence-electron chi connectivity index (χ3n) is 3.69. The zero-order chi connectivity index (χ0) is 16.1. The average Bonchev–Trinajstić information content (AvgIpc) is 2.98. The highest BCUT2D eigenvalue weighted by Crippen LogP contribution is 2.43. The number of halogens is 2. The lowest BCUT2D eigenvalue weighted by Crippen LogP contribution is -2.40. The molecule has 0 bridgehead atoms. The van der Waals surface area contributed by atoms with E-state index >= 15 is 0 Å². The van der Waals surface area contributed by atoms with Crippen molar-refractivity contribution in [2.45, 2.75) is 12.0 Å². The van der Waals surface area contributed by atoms with E-state index in [2.05, 4.69) is 15.9 Å². The van der Waals surface area contributed by atoms with Crippen molar-refractivity contribution >= 4 is 56.2 Å². The third-order valence-corrected chi connectivity index (χ3v) is 5.45. The minimum atomic E-state index is -1.85. The Morgan fingerprint density at radius 3 is 2.77 bits per heavy atom. The predicted octanol–water partition coefficient (Wildman–Crippen LogP) is 3.60. The van der Waals surface area contributed by atoms with Crippen LogP contribution in [0.25, 0.3) is 0 Å². The minimum Gasteiger partial charge on any atom is -0.375 e. The molecule has 1 aliphatic rings. The summed E-state index contributed by atoms with van der Waals surface area (Å²) in [7, 11) is 1.58. The zero-order valence-corrected chi connectivity index (χ0v) is 14.6. The van der Waals surface area contributed by atoms with Gasteiger partial charge in [0.1, 0.15) is 0 Å².